The summed E-state index contributed by atoms with van der Waals surface area (Å²) < 4.78 is 0. The third-order valence-electron chi connectivity index (χ3n) is 2.93. The van der Waals surface area contributed by atoms with Gasteiger partial charge in [0.2, 0.25) is 0 Å². The van der Waals surface area contributed by atoms with Crippen LogP contribution in [0.1, 0.15) is 19.4 Å². The molecule has 0 saturated heterocycles. The molecule has 0 spiro atoms. The second-order valence-corrected chi connectivity index (χ2v) is 4.11. The van der Waals surface area contributed by atoms with Gasteiger partial charge in [0.15, 0.2) is 5.69 Å². The standard InChI is InChI=1S/C14H10N4.C2H6/c1-9-6-11-13(7-12(9)15-2)17-18-14(11)10-4-3-5-16-8-10;1-2/h3-8H,1H3,(H,17,18);1-2H3. The molecule has 100 valence electrons. The Balaban J connectivity index is 0.000000704. The van der Waals surface area contributed by atoms with Crippen LogP contribution in [-0.4, -0.2) is 15.2 Å². The van der Waals surface area contributed by atoms with E-state index < -0.39 is 0 Å². The number of hydrogen-bond donors (Lipinski definition) is 1. The quantitative estimate of drug-likeness (QED) is 0.657. The van der Waals surface area contributed by atoms with Crippen molar-refractivity contribution in [3.05, 3.63) is 53.6 Å². The summed E-state index contributed by atoms with van der Waals surface area (Å²) in [6, 6.07) is 7.69. The predicted molar refractivity (Wildman–Crippen MR) is 81.7 cm³/mol. The number of H-pyrrole nitrogens is 1. The van der Waals surface area contributed by atoms with Gasteiger partial charge in [-0.15, -0.1) is 0 Å². The van der Waals surface area contributed by atoms with Crippen molar-refractivity contribution in [3.8, 4) is 11.3 Å². The maximum absolute atomic E-state index is 7.11. The second-order valence-electron chi connectivity index (χ2n) is 4.11. The molecule has 0 bridgehead atoms. The molecule has 0 fully saturated rings. The predicted octanol–water partition coefficient (Wildman–Crippen LogP) is 4.51. The summed E-state index contributed by atoms with van der Waals surface area (Å²) in [6.45, 7) is 13.0. The van der Waals surface area contributed by atoms with Crippen LogP contribution >= 0.6 is 0 Å². The maximum atomic E-state index is 7.11. The number of benzene rings is 1. The van der Waals surface area contributed by atoms with Crippen molar-refractivity contribution in [3.63, 3.8) is 0 Å². The molecule has 2 heterocycles. The summed E-state index contributed by atoms with van der Waals surface area (Å²) in [4.78, 5) is 7.59. The maximum Gasteiger partial charge on any atom is 0.192 e. The van der Waals surface area contributed by atoms with Gasteiger partial charge >= 0.3 is 0 Å². The van der Waals surface area contributed by atoms with E-state index >= 15 is 0 Å². The van der Waals surface area contributed by atoms with E-state index in [1.807, 2.05) is 45.0 Å². The van der Waals surface area contributed by atoms with E-state index in [1.54, 1.807) is 12.4 Å². The average Bonchev–Trinajstić information content (AvgIpc) is 2.92. The van der Waals surface area contributed by atoms with Gasteiger partial charge in [-0.25, -0.2) is 4.85 Å². The van der Waals surface area contributed by atoms with Crippen molar-refractivity contribution in [2.75, 3.05) is 0 Å². The zero-order valence-electron chi connectivity index (χ0n) is 11.8. The highest BCUT2D eigenvalue weighted by atomic mass is 15.1. The number of nitrogens with one attached hydrogen (secondary N) is 1. The molecular formula is C16H16N4. The molecule has 0 aliphatic carbocycles. The Morgan fingerprint density at radius 2 is 2.05 bits per heavy atom. The van der Waals surface area contributed by atoms with Gasteiger partial charge in [-0.1, -0.05) is 19.9 Å². The first kappa shape index (κ1) is 13.8. The van der Waals surface area contributed by atoms with Crippen LogP contribution in [0.25, 0.3) is 27.0 Å². The van der Waals surface area contributed by atoms with Crippen LogP contribution in [0, 0.1) is 13.5 Å². The van der Waals surface area contributed by atoms with Crippen molar-refractivity contribution in [2.24, 2.45) is 0 Å². The van der Waals surface area contributed by atoms with E-state index in [9.17, 15) is 0 Å². The van der Waals surface area contributed by atoms with E-state index in [-0.39, 0.29) is 0 Å². The number of aromatic nitrogens is 3. The fourth-order valence-corrected chi connectivity index (χ4v) is 2.00. The lowest BCUT2D eigenvalue weighted by molar-refractivity contribution is 1.12. The summed E-state index contributed by atoms with van der Waals surface area (Å²) in [5.74, 6) is 0. The Morgan fingerprint density at radius 3 is 2.70 bits per heavy atom. The largest absolute Gasteiger partial charge is 0.278 e. The first-order chi connectivity index (χ1) is 9.79. The number of fused-ring (bicyclic) bond motifs is 1. The molecule has 2 aromatic heterocycles. The molecule has 0 amide bonds. The topological polar surface area (TPSA) is 45.9 Å². The van der Waals surface area contributed by atoms with Gasteiger partial charge < -0.3 is 0 Å². The van der Waals surface area contributed by atoms with E-state index in [4.69, 9.17) is 6.57 Å². The van der Waals surface area contributed by atoms with Gasteiger partial charge in [0.1, 0.15) is 5.69 Å². The zero-order chi connectivity index (χ0) is 14.5. The third-order valence-corrected chi connectivity index (χ3v) is 2.93. The molecule has 1 N–H and O–H groups in total. The molecule has 0 aliphatic rings. The smallest absolute Gasteiger partial charge is 0.192 e. The molecule has 4 heteroatoms. The molecule has 1 aromatic carbocycles. The third kappa shape index (κ3) is 2.39. The van der Waals surface area contributed by atoms with E-state index in [1.165, 1.54) is 0 Å². The number of rotatable bonds is 1. The summed E-state index contributed by atoms with van der Waals surface area (Å²) in [5, 5.41) is 8.30. The van der Waals surface area contributed by atoms with E-state index in [0.717, 1.165) is 27.7 Å². The second kappa shape index (κ2) is 5.98. The van der Waals surface area contributed by atoms with Gasteiger partial charge in [0.25, 0.3) is 0 Å². The highest BCUT2D eigenvalue weighted by Crippen LogP contribution is 2.30. The average molecular weight is 264 g/mol. The molecule has 20 heavy (non-hydrogen) atoms. The molecule has 4 nitrogen and oxygen atoms in total. The lowest BCUT2D eigenvalue weighted by atomic mass is 10.1. The van der Waals surface area contributed by atoms with Crippen molar-refractivity contribution >= 4 is 16.6 Å². The van der Waals surface area contributed by atoms with E-state index in [0.29, 0.717) is 5.69 Å². The first-order valence-electron chi connectivity index (χ1n) is 6.56. The Morgan fingerprint density at radius 1 is 1.25 bits per heavy atom. The molecule has 3 rings (SSSR count). The Kier molecular flexibility index (Phi) is 4.11. The highest BCUT2D eigenvalue weighted by Gasteiger charge is 2.10. The van der Waals surface area contributed by atoms with Crippen molar-refractivity contribution in [1.82, 2.24) is 15.2 Å². The van der Waals surface area contributed by atoms with Gasteiger partial charge in [-0.3, -0.25) is 10.1 Å². The Hall–Kier alpha value is -2.67. The summed E-state index contributed by atoms with van der Waals surface area (Å²) in [5.41, 5.74) is 4.34. The normalized spacial score (nSPS) is 9.70. The fraction of sp³-hybridized carbons (Fsp3) is 0.188. The molecular weight excluding hydrogens is 248 g/mol. The van der Waals surface area contributed by atoms with Crippen LogP contribution in [0.4, 0.5) is 5.69 Å². The van der Waals surface area contributed by atoms with E-state index in [2.05, 4.69) is 20.0 Å². The Bertz CT molecular complexity index is 751. The zero-order valence-corrected chi connectivity index (χ0v) is 11.8. The van der Waals surface area contributed by atoms with Crippen molar-refractivity contribution < 1.29 is 0 Å². The minimum Gasteiger partial charge on any atom is -0.278 e. The summed E-state index contributed by atoms with van der Waals surface area (Å²) in [7, 11) is 0. The van der Waals surface area contributed by atoms with Crippen molar-refractivity contribution in [1.29, 1.82) is 0 Å². The highest BCUT2D eigenvalue weighted by molar-refractivity contribution is 5.95. The fourth-order valence-electron chi connectivity index (χ4n) is 2.00. The minimum atomic E-state index is 0.656. The van der Waals surface area contributed by atoms with Gasteiger partial charge in [-0.05, 0) is 30.7 Å². The molecule has 0 unspecified atom stereocenters. The van der Waals surface area contributed by atoms with Crippen LogP contribution in [0.2, 0.25) is 0 Å². The van der Waals surface area contributed by atoms with Crippen molar-refractivity contribution in [2.45, 2.75) is 20.8 Å². The van der Waals surface area contributed by atoms with Gasteiger partial charge in [0, 0.05) is 23.3 Å². The van der Waals surface area contributed by atoms with Gasteiger partial charge in [-0.2, -0.15) is 5.10 Å². The SMILES string of the molecule is CC.[C-]#[N+]c1cc2[nH]nc(-c3cccnc3)c2cc1C. The van der Waals surface area contributed by atoms with Crippen LogP contribution in [0.3, 0.4) is 0 Å². The van der Waals surface area contributed by atoms with Gasteiger partial charge in [0.05, 0.1) is 12.1 Å². The monoisotopic (exact) mass is 264 g/mol. The minimum absolute atomic E-state index is 0.656. The number of nitrogens with zero attached hydrogens (tertiary/aromatic N) is 3. The number of pyridine rings is 1. The van der Waals surface area contributed by atoms with Crippen LogP contribution in [0.5, 0.6) is 0 Å². The van der Waals surface area contributed by atoms with Crippen LogP contribution in [-0.2, 0) is 0 Å². The Labute approximate surface area is 118 Å². The number of hydrogen-bond acceptors (Lipinski definition) is 2. The molecule has 0 radical (unpaired) electrons. The van der Waals surface area contributed by atoms with Crippen LogP contribution < -0.4 is 0 Å². The molecule has 0 saturated carbocycles. The number of aromatic amines is 1. The first-order valence-corrected chi connectivity index (χ1v) is 6.56. The summed E-state index contributed by atoms with van der Waals surface area (Å²) in [6.07, 6.45) is 3.52. The lowest BCUT2D eigenvalue weighted by Crippen LogP contribution is -1.80. The van der Waals surface area contributed by atoms with Crippen LogP contribution in [0.15, 0.2) is 36.7 Å². The molecule has 0 aliphatic heterocycles. The molecule has 3 aromatic rings. The number of aryl methyl sites for hydroxylation is 1. The summed E-state index contributed by atoms with van der Waals surface area (Å²) >= 11 is 0. The lowest BCUT2D eigenvalue weighted by Gasteiger charge is -1.99. The molecule has 0 atom stereocenters.